The first-order valence-electron chi connectivity index (χ1n) is 17.2. The lowest BCUT2D eigenvalue weighted by Gasteiger charge is -2.26. The van der Waals surface area contributed by atoms with Gasteiger partial charge in [0.05, 0.1) is 4.88 Å². The van der Waals surface area contributed by atoms with E-state index in [9.17, 15) is 0 Å². The average molecular weight is 621 g/mol. The zero-order chi connectivity index (χ0) is 32.9. The molecule has 3 aromatic carbocycles. The lowest BCUT2D eigenvalue weighted by atomic mass is 9.78. The molecule has 240 valence electrons. The minimum Gasteiger partial charge on any atom is -0.153 e. The van der Waals surface area contributed by atoms with Gasteiger partial charge in [0, 0.05) is 30.4 Å². The minimum atomic E-state index is 0.102. The minimum absolute atomic E-state index is 0.102. The zero-order valence-electron chi connectivity index (χ0n) is 30.4. The van der Waals surface area contributed by atoms with Gasteiger partial charge in [-0.2, -0.15) is 4.57 Å². The molecule has 0 N–H and O–H groups in total. The van der Waals surface area contributed by atoms with Crippen molar-refractivity contribution < 1.29 is 4.57 Å². The standard InChI is InChI=1S/C43H58NS/c1-40(2,3)33-22-29(23-34(26-33)41(4,5)6)20-31-16-15-17-32(39(31)44-28-45-38-19-14-13-18-37(38)44)21-30-24-35(42(7,8)9)27-36(25-30)43(10,11)12/h15-17,22-28H,13-14,18-21H2,1-12H3/q+1. The lowest BCUT2D eigenvalue weighted by Crippen LogP contribution is -2.37. The van der Waals surface area contributed by atoms with Crippen LogP contribution in [0, 0.1) is 0 Å². The fourth-order valence-electron chi connectivity index (χ4n) is 6.61. The molecule has 0 radical (unpaired) electrons. The van der Waals surface area contributed by atoms with E-state index in [2.05, 4.69) is 148 Å². The van der Waals surface area contributed by atoms with Crippen molar-refractivity contribution in [2.45, 2.75) is 143 Å². The number of aryl methyl sites for hydroxylation is 1. The number of thiazole rings is 1. The van der Waals surface area contributed by atoms with Crippen LogP contribution >= 0.6 is 11.3 Å². The number of hydrogen-bond acceptors (Lipinski definition) is 1. The van der Waals surface area contributed by atoms with Crippen LogP contribution in [0.1, 0.15) is 151 Å². The van der Waals surface area contributed by atoms with Crippen LogP contribution < -0.4 is 4.57 Å². The van der Waals surface area contributed by atoms with Crippen molar-refractivity contribution in [1.29, 1.82) is 0 Å². The van der Waals surface area contributed by atoms with Crippen molar-refractivity contribution in [2.75, 3.05) is 0 Å². The molecule has 45 heavy (non-hydrogen) atoms. The normalized spacial score (nSPS) is 14.5. The number of hydrogen-bond donors (Lipinski definition) is 0. The van der Waals surface area contributed by atoms with Crippen molar-refractivity contribution in [3.05, 3.63) is 115 Å². The van der Waals surface area contributed by atoms with Crippen LogP contribution in [-0.4, -0.2) is 0 Å². The first-order chi connectivity index (χ1) is 20.8. The van der Waals surface area contributed by atoms with E-state index < -0.39 is 0 Å². The van der Waals surface area contributed by atoms with Crippen LogP contribution in [0.2, 0.25) is 0 Å². The maximum Gasteiger partial charge on any atom is 0.231 e. The van der Waals surface area contributed by atoms with Gasteiger partial charge in [-0.1, -0.05) is 149 Å². The molecule has 0 aliphatic heterocycles. The summed E-state index contributed by atoms with van der Waals surface area (Å²) in [4.78, 5) is 1.58. The first kappa shape index (κ1) is 33.6. The van der Waals surface area contributed by atoms with Crippen molar-refractivity contribution in [1.82, 2.24) is 0 Å². The molecule has 5 rings (SSSR count). The van der Waals surface area contributed by atoms with Crippen molar-refractivity contribution in [2.24, 2.45) is 0 Å². The van der Waals surface area contributed by atoms with Crippen LogP contribution in [0.25, 0.3) is 5.69 Å². The van der Waals surface area contributed by atoms with Crippen LogP contribution in [0.3, 0.4) is 0 Å². The Bertz CT molecular complexity index is 1510. The van der Waals surface area contributed by atoms with Gasteiger partial charge in [-0.25, -0.2) is 0 Å². The van der Waals surface area contributed by atoms with Gasteiger partial charge < -0.3 is 0 Å². The zero-order valence-corrected chi connectivity index (χ0v) is 31.2. The topological polar surface area (TPSA) is 3.88 Å². The summed E-state index contributed by atoms with van der Waals surface area (Å²) < 4.78 is 2.60. The van der Waals surface area contributed by atoms with Crippen LogP contribution in [0.15, 0.2) is 60.1 Å². The highest BCUT2D eigenvalue weighted by molar-refractivity contribution is 7.09. The van der Waals surface area contributed by atoms with E-state index in [1.165, 1.54) is 81.6 Å². The predicted octanol–water partition coefficient (Wildman–Crippen LogP) is 11.3. The summed E-state index contributed by atoms with van der Waals surface area (Å²) in [5.74, 6) is 0. The van der Waals surface area contributed by atoms with E-state index in [0.717, 1.165) is 12.8 Å². The fraction of sp³-hybridized carbons (Fsp3) is 0.512. The Labute approximate surface area is 279 Å². The Hall–Kier alpha value is -2.71. The summed E-state index contributed by atoms with van der Waals surface area (Å²) in [5.41, 5.74) is 17.2. The van der Waals surface area contributed by atoms with Crippen LogP contribution in [-0.2, 0) is 47.3 Å². The van der Waals surface area contributed by atoms with Gasteiger partial charge in [-0.05, 0) is 74.3 Å². The van der Waals surface area contributed by atoms with Crippen LogP contribution in [0.5, 0.6) is 0 Å². The molecule has 1 aliphatic carbocycles. The second-order valence-electron chi connectivity index (χ2n) is 17.8. The number of aromatic nitrogens is 1. The Morgan fingerprint density at radius 1 is 0.556 bits per heavy atom. The summed E-state index contributed by atoms with van der Waals surface area (Å²) in [7, 11) is 0. The SMILES string of the molecule is CC(C)(C)c1cc(Cc2cccc(Cc3cc(C(C)(C)C)cc(C(C)(C)C)c3)c2-[n+]2csc3c2CCCC3)cc(C(C)(C)C)c1. The smallest absolute Gasteiger partial charge is 0.153 e. The Morgan fingerprint density at radius 3 is 1.36 bits per heavy atom. The largest absolute Gasteiger partial charge is 0.231 e. The third-order valence-electron chi connectivity index (χ3n) is 9.66. The monoisotopic (exact) mass is 620 g/mol. The molecule has 1 aliphatic rings. The highest BCUT2D eigenvalue weighted by Gasteiger charge is 2.30. The maximum atomic E-state index is 2.60. The van der Waals surface area contributed by atoms with E-state index in [1.807, 2.05) is 11.3 Å². The molecule has 0 fully saturated rings. The molecule has 1 aromatic heterocycles. The average Bonchev–Trinajstić information content (AvgIpc) is 3.35. The number of benzene rings is 3. The summed E-state index contributed by atoms with van der Waals surface area (Å²) in [6.07, 6.45) is 6.86. The summed E-state index contributed by atoms with van der Waals surface area (Å²) in [6, 6.07) is 21.9. The molecular weight excluding hydrogens is 563 g/mol. The summed E-state index contributed by atoms with van der Waals surface area (Å²) in [6.45, 7) is 28.1. The van der Waals surface area contributed by atoms with Crippen molar-refractivity contribution in [3.8, 4) is 5.69 Å². The van der Waals surface area contributed by atoms with Gasteiger partial charge in [0.2, 0.25) is 16.9 Å². The fourth-order valence-corrected chi connectivity index (χ4v) is 7.67. The third-order valence-corrected chi connectivity index (χ3v) is 10.7. The van der Waals surface area contributed by atoms with Gasteiger partial charge >= 0.3 is 0 Å². The molecule has 4 aromatic rings. The second-order valence-corrected chi connectivity index (χ2v) is 18.7. The second kappa shape index (κ2) is 12.1. The summed E-state index contributed by atoms with van der Waals surface area (Å²) >= 11 is 1.96. The van der Waals surface area contributed by atoms with E-state index in [-0.39, 0.29) is 21.7 Å². The molecule has 0 amide bonds. The number of fused-ring (bicyclic) bond motifs is 1. The van der Waals surface area contributed by atoms with Gasteiger partial charge in [-0.15, -0.1) is 0 Å². The Morgan fingerprint density at radius 2 is 0.956 bits per heavy atom. The van der Waals surface area contributed by atoms with E-state index in [0.29, 0.717) is 0 Å². The molecule has 2 heteroatoms. The Balaban J connectivity index is 1.69. The van der Waals surface area contributed by atoms with Crippen molar-refractivity contribution >= 4 is 11.3 Å². The third kappa shape index (κ3) is 7.65. The Kier molecular flexibility index (Phi) is 9.08. The van der Waals surface area contributed by atoms with E-state index in [4.69, 9.17) is 0 Å². The van der Waals surface area contributed by atoms with Gasteiger partial charge in [0.1, 0.15) is 0 Å². The molecular formula is C43H58NS+. The quantitative estimate of drug-likeness (QED) is 0.195. The molecule has 0 atom stereocenters. The lowest BCUT2D eigenvalue weighted by molar-refractivity contribution is -0.600. The van der Waals surface area contributed by atoms with Gasteiger partial charge in [-0.3, -0.25) is 0 Å². The molecule has 0 saturated carbocycles. The highest BCUT2D eigenvalue weighted by atomic mass is 32.1. The first-order valence-corrected chi connectivity index (χ1v) is 18.1. The number of rotatable bonds is 5. The number of nitrogens with zero attached hydrogens (tertiary/aromatic N) is 1. The predicted molar refractivity (Wildman–Crippen MR) is 196 cm³/mol. The molecule has 1 heterocycles. The molecule has 0 bridgehead atoms. The maximum absolute atomic E-state index is 2.60. The summed E-state index contributed by atoms with van der Waals surface area (Å²) in [5, 5.41) is 0. The van der Waals surface area contributed by atoms with Gasteiger partial charge in [0.25, 0.3) is 0 Å². The molecule has 0 unspecified atom stereocenters. The van der Waals surface area contributed by atoms with Gasteiger partial charge in [0.15, 0.2) is 0 Å². The van der Waals surface area contributed by atoms with E-state index >= 15 is 0 Å². The van der Waals surface area contributed by atoms with Crippen molar-refractivity contribution in [3.63, 3.8) is 0 Å². The molecule has 0 saturated heterocycles. The molecule has 1 nitrogen and oxygen atoms in total. The van der Waals surface area contributed by atoms with Crippen LogP contribution in [0.4, 0.5) is 0 Å². The number of para-hydroxylation sites is 1. The highest BCUT2D eigenvalue weighted by Crippen LogP contribution is 2.35. The van der Waals surface area contributed by atoms with E-state index in [1.54, 1.807) is 4.88 Å². The molecule has 0 spiro atoms.